The van der Waals surface area contributed by atoms with E-state index in [1.807, 2.05) is 19.2 Å². The second-order valence-electron chi connectivity index (χ2n) is 7.13. The Hall–Kier alpha value is -1.59. The van der Waals surface area contributed by atoms with Crippen molar-refractivity contribution >= 4 is 41.3 Å². The molecule has 1 aliphatic heterocycles. The third-order valence-corrected chi connectivity index (χ3v) is 5.73. The fraction of sp³-hybridized carbons (Fsp3) is 0.524. The van der Waals surface area contributed by atoms with Crippen LogP contribution in [0.15, 0.2) is 29.4 Å². The number of aryl methyl sites for hydroxylation is 1. The molecule has 30 heavy (non-hydrogen) atoms. The van der Waals surface area contributed by atoms with Gasteiger partial charge in [-0.3, -0.25) is 4.90 Å². The molecule has 7 nitrogen and oxygen atoms in total. The highest BCUT2D eigenvalue weighted by Gasteiger charge is 2.23. The molecule has 0 radical (unpaired) electrons. The molecule has 1 aliphatic rings. The SMILES string of the molecule is CCNC(=NCc1cnc(C)s1)NC1CCN(Cc2cc(OC)cc(OC)c2)C1.I. The summed E-state index contributed by atoms with van der Waals surface area (Å²) in [6.07, 6.45) is 3.00. The number of hydrogen-bond donors (Lipinski definition) is 2. The summed E-state index contributed by atoms with van der Waals surface area (Å²) >= 11 is 1.70. The van der Waals surface area contributed by atoms with E-state index in [4.69, 9.17) is 14.5 Å². The Kier molecular flexibility index (Phi) is 10.1. The topological polar surface area (TPSA) is 71.0 Å². The Morgan fingerprint density at radius 1 is 1.27 bits per heavy atom. The highest BCUT2D eigenvalue weighted by Crippen LogP contribution is 2.24. The Bertz CT molecular complexity index is 807. The van der Waals surface area contributed by atoms with Gasteiger partial charge in [0.15, 0.2) is 5.96 Å². The second-order valence-corrected chi connectivity index (χ2v) is 8.45. The summed E-state index contributed by atoms with van der Waals surface area (Å²) in [6.45, 7) is 8.50. The lowest BCUT2D eigenvalue weighted by molar-refractivity contribution is 0.321. The predicted molar refractivity (Wildman–Crippen MR) is 133 cm³/mol. The van der Waals surface area contributed by atoms with E-state index in [9.17, 15) is 0 Å². The van der Waals surface area contributed by atoms with Crippen LogP contribution in [0.2, 0.25) is 0 Å². The number of methoxy groups -OCH3 is 2. The lowest BCUT2D eigenvalue weighted by Gasteiger charge is -2.19. The van der Waals surface area contributed by atoms with Gasteiger partial charge in [0.2, 0.25) is 0 Å². The van der Waals surface area contributed by atoms with Gasteiger partial charge >= 0.3 is 0 Å². The number of guanidine groups is 1. The van der Waals surface area contributed by atoms with Crippen molar-refractivity contribution in [2.75, 3.05) is 33.9 Å². The molecule has 1 atom stereocenters. The second kappa shape index (κ2) is 12.3. The number of aromatic nitrogens is 1. The largest absolute Gasteiger partial charge is 0.497 e. The molecule has 3 rings (SSSR count). The lowest BCUT2D eigenvalue weighted by Crippen LogP contribution is -2.44. The molecule has 166 valence electrons. The Labute approximate surface area is 200 Å². The van der Waals surface area contributed by atoms with Gasteiger partial charge in [0.1, 0.15) is 11.5 Å². The molecular weight excluding hydrogens is 513 g/mol. The van der Waals surface area contributed by atoms with Crippen molar-refractivity contribution in [3.8, 4) is 11.5 Å². The Morgan fingerprint density at radius 2 is 2.00 bits per heavy atom. The summed E-state index contributed by atoms with van der Waals surface area (Å²) in [7, 11) is 3.37. The van der Waals surface area contributed by atoms with Crippen LogP contribution in [-0.2, 0) is 13.1 Å². The molecule has 0 saturated carbocycles. The maximum absolute atomic E-state index is 5.39. The van der Waals surface area contributed by atoms with Crippen LogP contribution in [0.1, 0.15) is 28.8 Å². The van der Waals surface area contributed by atoms with Crippen LogP contribution < -0.4 is 20.1 Å². The molecule has 1 aromatic carbocycles. The third-order valence-electron chi connectivity index (χ3n) is 4.84. The van der Waals surface area contributed by atoms with E-state index >= 15 is 0 Å². The minimum Gasteiger partial charge on any atom is -0.497 e. The van der Waals surface area contributed by atoms with Gasteiger partial charge in [0.25, 0.3) is 0 Å². The van der Waals surface area contributed by atoms with Gasteiger partial charge in [-0.15, -0.1) is 35.3 Å². The van der Waals surface area contributed by atoms with E-state index in [-0.39, 0.29) is 24.0 Å². The zero-order chi connectivity index (χ0) is 20.6. The van der Waals surface area contributed by atoms with E-state index in [2.05, 4.69) is 39.6 Å². The molecule has 0 amide bonds. The van der Waals surface area contributed by atoms with Crippen LogP contribution in [0.4, 0.5) is 0 Å². The predicted octanol–water partition coefficient (Wildman–Crippen LogP) is 3.42. The highest BCUT2D eigenvalue weighted by molar-refractivity contribution is 14.0. The average Bonchev–Trinajstić information content (AvgIpc) is 3.34. The number of halogens is 1. The summed E-state index contributed by atoms with van der Waals surface area (Å²) < 4.78 is 10.8. The molecule has 0 bridgehead atoms. The molecule has 2 heterocycles. The summed E-state index contributed by atoms with van der Waals surface area (Å²) in [5.41, 5.74) is 1.20. The van der Waals surface area contributed by atoms with Gasteiger partial charge in [-0.05, 0) is 38.0 Å². The first-order valence-corrected chi connectivity index (χ1v) is 10.8. The summed E-state index contributed by atoms with van der Waals surface area (Å²) in [4.78, 5) is 12.7. The minimum absolute atomic E-state index is 0. The van der Waals surface area contributed by atoms with Crippen molar-refractivity contribution in [3.05, 3.63) is 39.8 Å². The standard InChI is InChI=1S/C21H31N5O2S.HI/c1-5-22-21(24-12-20-11-23-15(2)29-20)25-17-6-7-26(14-17)13-16-8-18(27-3)10-19(9-16)28-4;/h8-11,17H,5-7,12-14H2,1-4H3,(H2,22,24,25);1H. The molecule has 1 fully saturated rings. The maximum atomic E-state index is 5.39. The summed E-state index contributed by atoms with van der Waals surface area (Å²) in [5.74, 6) is 2.52. The smallest absolute Gasteiger partial charge is 0.191 e. The number of hydrogen-bond acceptors (Lipinski definition) is 6. The first kappa shape index (κ1) is 24.7. The van der Waals surface area contributed by atoms with Crippen LogP contribution in [0.5, 0.6) is 11.5 Å². The normalized spacial score (nSPS) is 16.8. The first-order chi connectivity index (χ1) is 14.1. The maximum Gasteiger partial charge on any atom is 0.191 e. The minimum atomic E-state index is 0. The molecule has 1 aromatic heterocycles. The van der Waals surface area contributed by atoms with Gasteiger partial charge in [-0.2, -0.15) is 0 Å². The fourth-order valence-electron chi connectivity index (χ4n) is 3.46. The molecule has 1 saturated heterocycles. The van der Waals surface area contributed by atoms with E-state index in [0.29, 0.717) is 12.6 Å². The van der Waals surface area contributed by atoms with E-state index in [1.165, 1.54) is 10.4 Å². The molecule has 2 aromatic rings. The van der Waals surface area contributed by atoms with Crippen LogP contribution in [0, 0.1) is 6.92 Å². The number of likely N-dealkylation sites (tertiary alicyclic amines) is 1. The van der Waals surface area contributed by atoms with E-state index in [1.54, 1.807) is 25.6 Å². The van der Waals surface area contributed by atoms with E-state index < -0.39 is 0 Å². The third kappa shape index (κ3) is 7.28. The number of nitrogens with zero attached hydrogens (tertiary/aromatic N) is 3. The number of aliphatic imine (C=N–C) groups is 1. The zero-order valence-corrected chi connectivity index (χ0v) is 21.3. The summed E-state index contributed by atoms with van der Waals surface area (Å²) in [5, 5.41) is 8.02. The van der Waals surface area contributed by atoms with Crippen molar-refractivity contribution in [1.82, 2.24) is 20.5 Å². The fourth-order valence-corrected chi connectivity index (χ4v) is 4.18. The van der Waals surface area contributed by atoms with Crippen LogP contribution in [-0.4, -0.2) is 55.7 Å². The van der Waals surface area contributed by atoms with Gasteiger partial charge < -0.3 is 20.1 Å². The summed E-state index contributed by atoms with van der Waals surface area (Å²) in [6, 6.07) is 6.43. The average molecular weight is 545 g/mol. The zero-order valence-electron chi connectivity index (χ0n) is 18.1. The Morgan fingerprint density at radius 3 is 2.60 bits per heavy atom. The molecule has 0 spiro atoms. The van der Waals surface area contributed by atoms with Crippen molar-refractivity contribution in [2.45, 2.75) is 39.4 Å². The van der Waals surface area contributed by atoms with Crippen LogP contribution in [0.25, 0.3) is 0 Å². The molecule has 2 N–H and O–H groups in total. The highest BCUT2D eigenvalue weighted by atomic mass is 127. The molecular formula is C21H32IN5O2S. The quantitative estimate of drug-likeness (QED) is 0.301. The monoisotopic (exact) mass is 545 g/mol. The lowest BCUT2D eigenvalue weighted by atomic mass is 10.2. The number of thiazole rings is 1. The molecule has 9 heteroatoms. The Balaban J connectivity index is 0.00000320. The number of rotatable bonds is 8. The number of benzene rings is 1. The van der Waals surface area contributed by atoms with Gasteiger partial charge in [0, 0.05) is 49.4 Å². The van der Waals surface area contributed by atoms with Gasteiger partial charge in [0.05, 0.1) is 25.8 Å². The molecule has 0 aliphatic carbocycles. The van der Waals surface area contributed by atoms with Crippen LogP contribution in [0.3, 0.4) is 0 Å². The molecule has 1 unspecified atom stereocenters. The first-order valence-electron chi connectivity index (χ1n) is 10.00. The van der Waals surface area contributed by atoms with Gasteiger partial charge in [-0.1, -0.05) is 0 Å². The van der Waals surface area contributed by atoms with Crippen molar-refractivity contribution in [1.29, 1.82) is 0 Å². The number of nitrogens with one attached hydrogen (secondary N) is 2. The van der Waals surface area contributed by atoms with E-state index in [0.717, 1.165) is 55.1 Å². The van der Waals surface area contributed by atoms with Crippen molar-refractivity contribution in [2.24, 2.45) is 4.99 Å². The van der Waals surface area contributed by atoms with Crippen molar-refractivity contribution in [3.63, 3.8) is 0 Å². The van der Waals surface area contributed by atoms with Crippen LogP contribution >= 0.6 is 35.3 Å². The van der Waals surface area contributed by atoms with Gasteiger partial charge in [-0.25, -0.2) is 9.98 Å². The number of ether oxygens (including phenoxy) is 2. The van der Waals surface area contributed by atoms with Crippen molar-refractivity contribution < 1.29 is 9.47 Å².